The fraction of sp³-hybridized carbons (Fsp3) is 0.0909. The second kappa shape index (κ2) is 5.21. The second-order valence-electron chi connectivity index (χ2n) is 3.87. The fourth-order valence-corrected chi connectivity index (χ4v) is 2.58. The third-order valence-electron chi connectivity index (χ3n) is 2.50. The molecular formula is C11H12N4O4S. The predicted octanol–water partition coefficient (Wildman–Crippen LogP) is -0.0943. The molecule has 0 aliphatic heterocycles. The molecule has 1 heterocycles. The highest BCUT2D eigenvalue weighted by atomic mass is 32.2. The van der Waals surface area contributed by atoms with E-state index in [0.717, 1.165) is 11.9 Å². The molecule has 20 heavy (non-hydrogen) atoms. The number of aromatic amines is 2. The van der Waals surface area contributed by atoms with Crippen molar-refractivity contribution in [1.82, 2.24) is 9.97 Å². The largest absolute Gasteiger partial charge is 0.388 e. The van der Waals surface area contributed by atoms with Crippen LogP contribution >= 0.6 is 0 Å². The summed E-state index contributed by atoms with van der Waals surface area (Å²) in [6.45, 7) is 0. The van der Waals surface area contributed by atoms with Gasteiger partial charge in [0.25, 0.3) is 15.6 Å². The van der Waals surface area contributed by atoms with E-state index < -0.39 is 26.2 Å². The molecule has 1 aromatic heterocycles. The molecule has 0 atom stereocenters. The Morgan fingerprint density at radius 1 is 1.05 bits per heavy atom. The van der Waals surface area contributed by atoms with E-state index in [4.69, 9.17) is 0 Å². The summed E-state index contributed by atoms with van der Waals surface area (Å²) in [5, 5.41) is 2.89. The number of nitrogens with one attached hydrogen (secondary N) is 4. The Hall–Kier alpha value is -2.55. The molecule has 106 valence electrons. The Morgan fingerprint density at radius 2 is 1.65 bits per heavy atom. The maximum Gasteiger partial charge on any atom is 0.325 e. The summed E-state index contributed by atoms with van der Waals surface area (Å²) in [6.07, 6.45) is 0.853. The topological polar surface area (TPSA) is 124 Å². The molecule has 0 unspecified atom stereocenters. The van der Waals surface area contributed by atoms with E-state index in [2.05, 4.69) is 15.0 Å². The first-order chi connectivity index (χ1) is 9.42. The molecule has 0 saturated carbocycles. The van der Waals surface area contributed by atoms with Gasteiger partial charge in [0.2, 0.25) is 0 Å². The van der Waals surface area contributed by atoms with E-state index in [1.807, 2.05) is 4.98 Å². The molecule has 0 amide bonds. The van der Waals surface area contributed by atoms with Crippen LogP contribution in [-0.2, 0) is 10.0 Å². The van der Waals surface area contributed by atoms with Gasteiger partial charge < -0.3 is 10.3 Å². The third-order valence-corrected chi connectivity index (χ3v) is 3.89. The standard InChI is InChI=1S/C11H12N4O4S/c1-12-7-2-4-8(5-3-7)15-20(18,19)9-6-13-11(17)14-10(9)16/h2-6,12,15H,1H3,(H2,13,14,16,17). The third kappa shape index (κ3) is 2.88. The lowest BCUT2D eigenvalue weighted by molar-refractivity contribution is 0.599. The van der Waals surface area contributed by atoms with Crippen molar-refractivity contribution in [3.63, 3.8) is 0 Å². The monoisotopic (exact) mass is 296 g/mol. The highest BCUT2D eigenvalue weighted by molar-refractivity contribution is 7.92. The van der Waals surface area contributed by atoms with Crippen LogP contribution in [-0.4, -0.2) is 25.4 Å². The van der Waals surface area contributed by atoms with E-state index in [0.29, 0.717) is 5.69 Å². The summed E-state index contributed by atoms with van der Waals surface area (Å²) in [7, 11) is -2.33. The average Bonchev–Trinajstić information content (AvgIpc) is 2.38. The van der Waals surface area contributed by atoms with Crippen LogP contribution in [0.4, 0.5) is 11.4 Å². The number of hydrogen-bond acceptors (Lipinski definition) is 5. The first kappa shape index (κ1) is 13.9. The van der Waals surface area contributed by atoms with Crippen molar-refractivity contribution in [3.8, 4) is 0 Å². The molecule has 1 aromatic carbocycles. The number of H-pyrrole nitrogens is 2. The van der Waals surface area contributed by atoms with Gasteiger partial charge in [-0.2, -0.15) is 0 Å². The molecular weight excluding hydrogens is 284 g/mol. The molecule has 0 aliphatic carbocycles. The number of rotatable bonds is 4. The van der Waals surface area contributed by atoms with Crippen LogP contribution in [0.25, 0.3) is 0 Å². The number of hydrogen-bond donors (Lipinski definition) is 4. The molecule has 2 aromatic rings. The molecule has 0 spiro atoms. The van der Waals surface area contributed by atoms with Crippen LogP contribution < -0.4 is 21.3 Å². The Bertz CT molecular complexity index is 820. The smallest absolute Gasteiger partial charge is 0.325 e. The van der Waals surface area contributed by atoms with Gasteiger partial charge in [-0.15, -0.1) is 0 Å². The van der Waals surface area contributed by atoms with Crippen LogP contribution in [0.3, 0.4) is 0 Å². The summed E-state index contributed by atoms with van der Waals surface area (Å²) >= 11 is 0. The lowest BCUT2D eigenvalue weighted by Gasteiger charge is -2.07. The highest BCUT2D eigenvalue weighted by Crippen LogP contribution is 2.15. The fourth-order valence-electron chi connectivity index (χ4n) is 1.51. The van der Waals surface area contributed by atoms with E-state index >= 15 is 0 Å². The summed E-state index contributed by atoms with van der Waals surface area (Å²) in [6, 6.07) is 6.44. The van der Waals surface area contributed by atoms with Crippen molar-refractivity contribution in [2.24, 2.45) is 0 Å². The molecule has 2 rings (SSSR count). The van der Waals surface area contributed by atoms with Gasteiger partial charge in [0, 0.05) is 24.6 Å². The first-order valence-corrected chi connectivity index (χ1v) is 7.03. The van der Waals surface area contributed by atoms with Crippen molar-refractivity contribution < 1.29 is 8.42 Å². The van der Waals surface area contributed by atoms with Crippen LogP contribution in [0, 0.1) is 0 Å². The zero-order valence-electron chi connectivity index (χ0n) is 10.4. The maximum absolute atomic E-state index is 12.0. The normalized spacial score (nSPS) is 11.1. The van der Waals surface area contributed by atoms with Gasteiger partial charge in [-0.25, -0.2) is 13.2 Å². The minimum atomic E-state index is -4.06. The summed E-state index contributed by atoms with van der Waals surface area (Å²) in [5.74, 6) is 0. The minimum absolute atomic E-state index is 0.301. The first-order valence-electron chi connectivity index (χ1n) is 5.55. The maximum atomic E-state index is 12.0. The summed E-state index contributed by atoms with van der Waals surface area (Å²) in [5.41, 5.74) is -0.634. The van der Waals surface area contributed by atoms with Gasteiger partial charge in [0.05, 0.1) is 0 Å². The van der Waals surface area contributed by atoms with Crippen molar-refractivity contribution in [2.75, 3.05) is 17.1 Å². The molecule has 0 saturated heterocycles. The Morgan fingerprint density at radius 3 is 2.20 bits per heavy atom. The van der Waals surface area contributed by atoms with Crippen LogP contribution in [0.2, 0.25) is 0 Å². The number of benzene rings is 1. The quantitative estimate of drug-likeness (QED) is 0.627. The number of sulfonamides is 1. The number of anilines is 2. The van der Waals surface area contributed by atoms with Crippen molar-refractivity contribution in [3.05, 3.63) is 51.3 Å². The Balaban J connectivity index is 2.35. The molecule has 4 N–H and O–H groups in total. The van der Waals surface area contributed by atoms with Gasteiger partial charge in [-0.1, -0.05) is 0 Å². The summed E-state index contributed by atoms with van der Waals surface area (Å²) in [4.78, 5) is 25.7. The molecule has 0 radical (unpaired) electrons. The predicted molar refractivity (Wildman–Crippen MR) is 74.5 cm³/mol. The van der Waals surface area contributed by atoms with Crippen molar-refractivity contribution >= 4 is 21.4 Å². The van der Waals surface area contributed by atoms with E-state index in [1.165, 1.54) is 0 Å². The Labute approximate surface area is 113 Å². The highest BCUT2D eigenvalue weighted by Gasteiger charge is 2.18. The van der Waals surface area contributed by atoms with Crippen molar-refractivity contribution in [2.45, 2.75) is 4.90 Å². The lowest BCUT2D eigenvalue weighted by Crippen LogP contribution is -2.29. The SMILES string of the molecule is CNc1ccc(NS(=O)(=O)c2c[nH]c(=O)[nH]c2=O)cc1. The van der Waals surface area contributed by atoms with Gasteiger partial charge in [0.1, 0.15) is 0 Å². The van der Waals surface area contributed by atoms with Crippen LogP contribution in [0.5, 0.6) is 0 Å². The van der Waals surface area contributed by atoms with Crippen LogP contribution in [0.15, 0.2) is 44.9 Å². The molecule has 0 aliphatic rings. The van der Waals surface area contributed by atoms with E-state index in [1.54, 1.807) is 31.3 Å². The van der Waals surface area contributed by atoms with Gasteiger partial charge in [-0.05, 0) is 24.3 Å². The van der Waals surface area contributed by atoms with Crippen molar-refractivity contribution in [1.29, 1.82) is 0 Å². The second-order valence-corrected chi connectivity index (χ2v) is 5.52. The summed E-state index contributed by atoms with van der Waals surface area (Å²) < 4.78 is 26.3. The lowest BCUT2D eigenvalue weighted by atomic mass is 10.3. The zero-order valence-corrected chi connectivity index (χ0v) is 11.2. The van der Waals surface area contributed by atoms with Gasteiger partial charge in [0.15, 0.2) is 4.90 Å². The van der Waals surface area contributed by atoms with E-state index in [9.17, 15) is 18.0 Å². The molecule has 0 bridgehead atoms. The Kier molecular flexibility index (Phi) is 3.61. The van der Waals surface area contributed by atoms with Gasteiger partial charge >= 0.3 is 5.69 Å². The number of aromatic nitrogens is 2. The van der Waals surface area contributed by atoms with E-state index in [-0.39, 0.29) is 0 Å². The van der Waals surface area contributed by atoms with Gasteiger partial charge in [-0.3, -0.25) is 14.5 Å². The molecule has 8 nitrogen and oxygen atoms in total. The average molecular weight is 296 g/mol. The molecule has 0 fully saturated rings. The zero-order chi connectivity index (χ0) is 14.8. The van der Waals surface area contributed by atoms with Crippen LogP contribution in [0.1, 0.15) is 0 Å². The molecule has 9 heteroatoms. The minimum Gasteiger partial charge on any atom is -0.388 e.